The summed E-state index contributed by atoms with van der Waals surface area (Å²) in [5.74, 6) is 1.03. The molecule has 2 aromatic carbocycles. The molecule has 0 aliphatic carbocycles. The number of sulfonamides is 1. The fourth-order valence-electron chi connectivity index (χ4n) is 4.00. The summed E-state index contributed by atoms with van der Waals surface area (Å²) in [6.45, 7) is 0.493. The highest BCUT2D eigenvalue weighted by Gasteiger charge is 2.34. The van der Waals surface area contributed by atoms with Crippen LogP contribution in [-0.2, 0) is 16.4 Å². The molecule has 0 fully saturated rings. The Morgan fingerprint density at radius 2 is 1.84 bits per heavy atom. The van der Waals surface area contributed by atoms with Crippen molar-refractivity contribution in [1.29, 1.82) is 0 Å². The molecular weight excluding hydrogens is 448 g/mol. The summed E-state index contributed by atoms with van der Waals surface area (Å²) in [6.07, 6.45) is 0.651. The van der Waals surface area contributed by atoms with Gasteiger partial charge in [0.25, 0.3) is 5.91 Å². The molecule has 9 heteroatoms. The Labute approximate surface area is 191 Å². The Hall–Kier alpha value is -2.88. The number of hydrogen-bond donors (Lipinski definition) is 1. The highest BCUT2D eigenvalue weighted by Crippen LogP contribution is 2.42. The summed E-state index contributed by atoms with van der Waals surface area (Å²) in [6, 6.07) is 13.7. The molecule has 0 radical (unpaired) electrons. The molecule has 7 nitrogen and oxygen atoms in total. The first-order chi connectivity index (χ1) is 15.4. The molecule has 0 spiro atoms. The van der Waals surface area contributed by atoms with Crippen LogP contribution in [0.15, 0.2) is 58.8 Å². The second-order valence-electron chi connectivity index (χ2n) is 7.31. The fourth-order valence-corrected chi connectivity index (χ4v) is 5.63. The van der Waals surface area contributed by atoms with Crippen LogP contribution >= 0.6 is 11.3 Å². The van der Waals surface area contributed by atoms with Gasteiger partial charge in [-0.2, -0.15) is 0 Å². The van der Waals surface area contributed by atoms with Gasteiger partial charge in [-0.25, -0.2) is 13.1 Å². The van der Waals surface area contributed by atoms with Crippen molar-refractivity contribution in [2.75, 3.05) is 27.8 Å². The lowest BCUT2D eigenvalue weighted by molar-refractivity contribution is 0.0696. The van der Waals surface area contributed by atoms with E-state index in [2.05, 4.69) is 4.72 Å². The molecule has 1 aromatic heterocycles. The standard InChI is InChI=1S/C23H24N2O5S2/c1-24-32(27,28)17-7-4-6-16(12-17)23(26)25-10-9-15-13-19(29-2)20(30-3)14-18(15)22(25)21-8-5-11-31-21/h4-8,11-14,22,24H,9-10H2,1-3H3. The normalized spacial score (nSPS) is 15.8. The Balaban J connectivity index is 1.80. The molecule has 32 heavy (non-hydrogen) atoms. The molecule has 4 rings (SSSR count). The summed E-state index contributed by atoms with van der Waals surface area (Å²) in [7, 11) is 0.881. The van der Waals surface area contributed by atoms with E-state index in [1.165, 1.54) is 19.2 Å². The van der Waals surface area contributed by atoms with Gasteiger partial charge in [0.15, 0.2) is 11.5 Å². The number of rotatable bonds is 6. The molecule has 2 heterocycles. The predicted molar refractivity (Wildman–Crippen MR) is 123 cm³/mol. The molecule has 1 N–H and O–H groups in total. The molecule has 1 atom stereocenters. The van der Waals surface area contributed by atoms with Gasteiger partial charge in [-0.1, -0.05) is 12.1 Å². The minimum Gasteiger partial charge on any atom is -0.493 e. The zero-order chi connectivity index (χ0) is 22.9. The maximum Gasteiger partial charge on any atom is 0.254 e. The first-order valence-electron chi connectivity index (χ1n) is 10.0. The monoisotopic (exact) mass is 472 g/mol. The first kappa shape index (κ1) is 22.3. The Morgan fingerprint density at radius 3 is 2.50 bits per heavy atom. The lowest BCUT2D eigenvalue weighted by Crippen LogP contribution is -2.40. The van der Waals surface area contributed by atoms with Crippen LogP contribution in [0.4, 0.5) is 0 Å². The second-order valence-corrected chi connectivity index (χ2v) is 10.2. The van der Waals surface area contributed by atoms with E-state index in [9.17, 15) is 13.2 Å². The summed E-state index contributed by atoms with van der Waals surface area (Å²) < 4.78 is 37.7. The predicted octanol–water partition coefficient (Wildman–Crippen LogP) is 3.46. The van der Waals surface area contributed by atoms with Gasteiger partial charge in [-0.3, -0.25) is 4.79 Å². The van der Waals surface area contributed by atoms with Crippen molar-refractivity contribution >= 4 is 27.3 Å². The smallest absolute Gasteiger partial charge is 0.254 e. The highest BCUT2D eigenvalue weighted by atomic mass is 32.2. The zero-order valence-electron chi connectivity index (χ0n) is 18.0. The molecule has 1 aliphatic heterocycles. The quantitative estimate of drug-likeness (QED) is 0.594. The van der Waals surface area contributed by atoms with Gasteiger partial charge in [0, 0.05) is 17.0 Å². The van der Waals surface area contributed by atoms with Crippen LogP contribution in [0.2, 0.25) is 0 Å². The molecule has 3 aromatic rings. The molecule has 0 saturated carbocycles. The topological polar surface area (TPSA) is 84.9 Å². The van der Waals surface area contributed by atoms with Crippen molar-refractivity contribution < 1.29 is 22.7 Å². The largest absolute Gasteiger partial charge is 0.493 e. The fraction of sp³-hybridized carbons (Fsp3) is 0.261. The van der Waals surface area contributed by atoms with Crippen LogP contribution in [0.1, 0.15) is 32.4 Å². The third-order valence-corrected chi connectivity index (χ3v) is 7.94. The molecule has 1 aliphatic rings. The number of nitrogens with zero attached hydrogens (tertiary/aromatic N) is 1. The van der Waals surface area contributed by atoms with Crippen molar-refractivity contribution in [3.63, 3.8) is 0 Å². The van der Waals surface area contributed by atoms with E-state index in [-0.39, 0.29) is 16.8 Å². The lowest BCUT2D eigenvalue weighted by Gasteiger charge is -2.37. The Bertz CT molecular complexity index is 1240. The van der Waals surface area contributed by atoms with E-state index >= 15 is 0 Å². The van der Waals surface area contributed by atoms with Crippen LogP contribution in [0, 0.1) is 0 Å². The number of methoxy groups -OCH3 is 2. The summed E-state index contributed by atoms with van der Waals surface area (Å²) in [5, 5.41) is 1.98. The molecule has 0 bridgehead atoms. The molecule has 168 valence electrons. The third kappa shape index (κ3) is 3.99. The van der Waals surface area contributed by atoms with Crippen molar-refractivity contribution in [3.05, 3.63) is 75.5 Å². The van der Waals surface area contributed by atoms with Gasteiger partial charge in [-0.05, 0) is 66.4 Å². The zero-order valence-corrected chi connectivity index (χ0v) is 19.6. The number of fused-ring (bicyclic) bond motifs is 1. The van der Waals surface area contributed by atoms with E-state index in [0.29, 0.717) is 30.0 Å². The number of nitrogens with one attached hydrogen (secondary N) is 1. The van der Waals surface area contributed by atoms with E-state index in [4.69, 9.17) is 9.47 Å². The van der Waals surface area contributed by atoms with Gasteiger partial charge in [0.05, 0.1) is 25.2 Å². The highest BCUT2D eigenvalue weighted by molar-refractivity contribution is 7.89. The van der Waals surface area contributed by atoms with Crippen LogP contribution in [0.5, 0.6) is 11.5 Å². The van der Waals surface area contributed by atoms with Crippen LogP contribution in [-0.4, -0.2) is 47.0 Å². The van der Waals surface area contributed by atoms with Crippen LogP contribution in [0.3, 0.4) is 0 Å². The molecule has 0 saturated heterocycles. The molecule has 1 unspecified atom stereocenters. The molecule has 1 amide bonds. The van der Waals surface area contributed by atoms with Crippen LogP contribution in [0.25, 0.3) is 0 Å². The van der Waals surface area contributed by atoms with Gasteiger partial charge in [-0.15, -0.1) is 11.3 Å². The maximum atomic E-state index is 13.6. The minimum atomic E-state index is -3.66. The summed E-state index contributed by atoms with van der Waals surface area (Å²) in [4.78, 5) is 16.5. The van der Waals surface area contributed by atoms with E-state index < -0.39 is 10.0 Å². The first-order valence-corrected chi connectivity index (χ1v) is 12.4. The summed E-state index contributed by atoms with van der Waals surface area (Å²) >= 11 is 1.57. The summed E-state index contributed by atoms with van der Waals surface area (Å²) in [5.41, 5.74) is 2.40. The van der Waals surface area contributed by atoms with Crippen molar-refractivity contribution in [1.82, 2.24) is 9.62 Å². The van der Waals surface area contributed by atoms with E-state index in [0.717, 1.165) is 16.0 Å². The third-order valence-electron chi connectivity index (χ3n) is 5.61. The number of amides is 1. The second kappa shape index (κ2) is 8.93. The lowest BCUT2D eigenvalue weighted by atomic mass is 9.90. The van der Waals surface area contributed by atoms with Gasteiger partial charge >= 0.3 is 0 Å². The number of ether oxygens (including phenoxy) is 2. The Kier molecular flexibility index (Phi) is 6.23. The minimum absolute atomic E-state index is 0.0577. The van der Waals surface area contributed by atoms with E-state index in [1.54, 1.807) is 42.6 Å². The Morgan fingerprint density at radius 1 is 1.09 bits per heavy atom. The van der Waals surface area contributed by atoms with Crippen molar-refractivity contribution in [3.8, 4) is 11.5 Å². The van der Waals surface area contributed by atoms with Gasteiger partial charge in [0.2, 0.25) is 10.0 Å². The maximum absolute atomic E-state index is 13.6. The van der Waals surface area contributed by atoms with Gasteiger partial charge in [0.1, 0.15) is 0 Å². The molecular formula is C23H24N2O5S2. The average molecular weight is 473 g/mol. The van der Waals surface area contributed by atoms with Crippen molar-refractivity contribution in [2.45, 2.75) is 17.4 Å². The van der Waals surface area contributed by atoms with E-state index in [1.807, 2.05) is 29.6 Å². The number of hydrogen-bond acceptors (Lipinski definition) is 6. The van der Waals surface area contributed by atoms with Gasteiger partial charge < -0.3 is 14.4 Å². The van der Waals surface area contributed by atoms with Crippen molar-refractivity contribution in [2.24, 2.45) is 0 Å². The number of carbonyl (C=O) groups is 1. The number of benzene rings is 2. The number of thiophene rings is 1. The van der Waals surface area contributed by atoms with Crippen LogP contribution < -0.4 is 14.2 Å². The number of carbonyl (C=O) groups excluding carboxylic acids is 1. The SMILES string of the molecule is CNS(=O)(=O)c1cccc(C(=O)N2CCc3cc(OC)c(OC)cc3C2c2cccs2)c1. The average Bonchev–Trinajstić information content (AvgIpc) is 3.36.